The summed E-state index contributed by atoms with van der Waals surface area (Å²) in [5, 5.41) is 16.3. The molecule has 28 heavy (non-hydrogen) atoms. The Morgan fingerprint density at radius 3 is 2.36 bits per heavy atom. The second-order valence-corrected chi connectivity index (χ2v) is 7.10. The number of halogens is 1. The molecule has 0 atom stereocenters. The van der Waals surface area contributed by atoms with Gasteiger partial charge in [0.2, 0.25) is 0 Å². The van der Waals surface area contributed by atoms with E-state index in [4.69, 9.17) is 0 Å². The lowest BCUT2D eigenvalue weighted by atomic mass is 10.1. The second-order valence-electron chi connectivity index (χ2n) is 7.10. The van der Waals surface area contributed by atoms with Crippen molar-refractivity contribution >= 4 is 29.9 Å². The topological polar surface area (TPSA) is 64.8 Å². The highest BCUT2D eigenvalue weighted by molar-refractivity contribution is 14.0. The Kier molecular flexibility index (Phi) is 9.80. The van der Waals surface area contributed by atoms with Gasteiger partial charge in [0, 0.05) is 58.7 Å². The third kappa shape index (κ3) is 7.44. The first kappa shape index (κ1) is 22.7. The summed E-state index contributed by atoms with van der Waals surface area (Å²) in [4.78, 5) is 6.69. The lowest BCUT2D eigenvalue weighted by molar-refractivity contribution is 0.0792. The van der Waals surface area contributed by atoms with E-state index >= 15 is 0 Å². The van der Waals surface area contributed by atoms with Crippen molar-refractivity contribution in [3.63, 3.8) is 0 Å². The molecule has 6 nitrogen and oxygen atoms in total. The highest BCUT2D eigenvalue weighted by atomic mass is 127. The molecule has 1 aromatic carbocycles. The first-order valence-corrected chi connectivity index (χ1v) is 9.76. The van der Waals surface area contributed by atoms with E-state index in [0.29, 0.717) is 0 Å². The molecule has 154 valence electrons. The molecule has 2 heterocycles. The van der Waals surface area contributed by atoms with Gasteiger partial charge in [0.1, 0.15) is 0 Å². The van der Waals surface area contributed by atoms with Gasteiger partial charge in [0.15, 0.2) is 5.96 Å². The summed E-state index contributed by atoms with van der Waals surface area (Å²) >= 11 is 0. The van der Waals surface area contributed by atoms with Crippen LogP contribution in [0.1, 0.15) is 24.0 Å². The van der Waals surface area contributed by atoms with E-state index < -0.39 is 0 Å². The number of guanidine groups is 1. The van der Waals surface area contributed by atoms with Gasteiger partial charge in [0.25, 0.3) is 0 Å². The Bertz CT molecular complexity index is 694. The van der Waals surface area contributed by atoms with Gasteiger partial charge in [-0.3, -0.25) is 9.89 Å². The zero-order valence-electron chi connectivity index (χ0n) is 16.6. The normalized spacial score (nSPS) is 15.9. The number of aliphatic hydroxyl groups is 1. The number of hydrogen-bond acceptors (Lipinski definition) is 3. The molecule has 0 radical (unpaired) electrons. The minimum Gasteiger partial charge on any atom is -0.393 e. The van der Waals surface area contributed by atoms with Gasteiger partial charge in [0.05, 0.1) is 6.10 Å². The summed E-state index contributed by atoms with van der Waals surface area (Å²) in [5.41, 5.74) is 2.56. The Morgan fingerprint density at radius 1 is 1.07 bits per heavy atom. The number of hydrogen-bond donors (Lipinski definition) is 3. The van der Waals surface area contributed by atoms with Crippen LogP contribution < -0.4 is 10.6 Å². The molecule has 0 unspecified atom stereocenters. The minimum atomic E-state index is -0.110. The predicted octanol–water partition coefficient (Wildman–Crippen LogP) is 2.43. The summed E-state index contributed by atoms with van der Waals surface area (Å²) in [6.07, 6.45) is 5.79. The molecule has 3 rings (SSSR count). The van der Waals surface area contributed by atoms with Crippen molar-refractivity contribution in [3.8, 4) is 0 Å². The predicted molar refractivity (Wildman–Crippen MR) is 125 cm³/mol. The van der Waals surface area contributed by atoms with Crippen LogP contribution in [0.5, 0.6) is 0 Å². The highest BCUT2D eigenvalue weighted by Crippen LogP contribution is 2.14. The van der Waals surface area contributed by atoms with Crippen LogP contribution >= 0.6 is 24.0 Å². The average molecular weight is 497 g/mol. The van der Waals surface area contributed by atoms with Gasteiger partial charge >= 0.3 is 0 Å². The van der Waals surface area contributed by atoms with Gasteiger partial charge in [-0.15, -0.1) is 24.0 Å². The zero-order chi connectivity index (χ0) is 18.9. The Labute approximate surface area is 185 Å². The smallest absolute Gasteiger partial charge is 0.191 e. The van der Waals surface area contributed by atoms with Crippen molar-refractivity contribution in [3.05, 3.63) is 59.9 Å². The molecule has 1 saturated heterocycles. The van der Waals surface area contributed by atoms with Crippen LogP contribution in [0, 0.1) is 0 Å². The maximum Gasteiger partial charge on any atom is 0.191 e. The number of likely N-dealkylation sites (tertiary alicyclic amines) is 1. The SMILES string of the molecule is CN=C(NCCn1cccc1)NCc1ccc(CN2CCC(O)CC2)cc1.I. The fourth-order valence-corrected chi connectivity index (χ4v) is 3.33. The summed E-state index contributed by atoms with van der Waals surface area (Å²) < 4.78 is 2.14. The lowest BCUT2D eigenvalue weighted by Gasteiger charge is -2.29. The van der Waals surface area contributed by atoms with E-state index in [2.05, 4.69) is 61.8 Å². The molecule has 1 aliphatic heterocycles. The zero-order valence-corrected chi connectivity index (χ0v) is 18.9. The molecule has 1 aliphatic rings. The quantitative estimate of drug-likeness (QED) is 0.313. The van der Waals surface area contributed by atoms with Crippen LogP contribution in [0.3, 0.4) is 0 Å². The number of rotatable bonds is 7. The first-order valence-electron chi connectivity index (χ1n) is 9.76. The molecule has 2 aromatic rings. The first-order chi connectivity index (χ1) is 13.2. The molecule has 0 amide bonds. The molecule has 0 aliphatic carbocycles. The van der Waals surface area contributed by atoms with Gasteiger partial charge in [-0.1, -0.05) is 24.3 Å². The fraction of sp³-hybridized carbons (Fsp3) is 0.476. The van der Waals surface area contributed by atoms with Crippen molar-refractivity contribution in [2.24, 2.45) is 4.99 Å². The maximum absolute atomic E-state index is 9.61. The van der Waals surface area contributed by atoms with E-state index in [1.807, 2.05) is 12.1 Å². The largest absolute Gasteiger partial charge is 0.393 e. The average Bonchev–Trinajstić information content (AvgIpc) is 3.21. The number of aliphatic hydroxyl groups excluding tert-OH is 1. The Hall–Kier alpha value is -1.58. The van der Waals surface area contributed by atoms with Crippen molar-refractivity contribution in [1.29, 1.82) is 0 Å². The molecule has 0 bridgehead atoms. The van der Waals surface area contributed by atoms with Crippen LogP contribution in [0.15, 0.2) is 53.8 Å². The van der Waals surface area contributed by atoms with Crippen molar-refractivity contribution < 1.29 is 5.11 Å². The fourth-order valence-electron chi connectivity index (χ4n) is 3.33. The lowest BCUT2D eigenvalue weighted by Crippen LogP contribution is -2.38. The number of benzene rings is 1. The number of aromatic nitrogens is 1. The second kappa shape index (κ2) is 12.1. The van der Waals surface area contributed by atoms with Crippen LogP contribution in [0.4, 0.5) is 0 Å². The van der Waals surface area contributed by atoms with E-state index in [9.17, 15) is 5.11 Å². The van der Waals surface area contributed by atoms with E-state index in [1.165, 1.54) is 11.1 Å². The maximum atomic E-state index is 9.61. The third-order valence-corrected chi connectivity index (χ3v) is 5.00. The van der Waals surface area contributed by atoms with Gasteiger partial charge in [-0.25, -0.2) is 0 Å². The molecule has 1 fully saturated rings. The molecule has 0 spiro atoms. The molecular weight excluding hydrogens is 465 g/mol. The molecule has 0 saturated carbocycles. The van der Waals surface area contributed by atoms with Crippen LogP contribution in [0.2, 0.25) is 0 Å². The summed E-state index contributed by atoms with van der Waals surface area (Å²) in [6, 6.07) is 12.8. The van der Waals surface area contributed by atoms with E-state index in [1.54, 1.807) is 7.05 Å². The Morgan fingerprint density at radius 2 is 1.71 bits per heavy atom. The number of nitrogens with zero attached hydrogens (tertiary/aromatic N) is 3. The van der Waals surface area contributed by atoms with E-state index in [0.717, 1.165) is 58.1 Å². The molecular formula is C21H32IN5O. The minimum absolute atomic E-state index is 0. The highest BCUT2D eigenvalue weighted by Gasteiger charge is 2.16. The van der Waals surface area contributed by atoms with Gasteiger partial charge < -0.3 is 20.3 Å². The summed E-state index contributed by atoms with van der Waals surface area (Å²) in [5.74, 6) is 0.818. The Balaban J connectivity index is 0.00000280. The van der Waals surface area contributed by atoms with Crippen molar-refractivity contribution in [2.45, 2.75) is 38.6 Å². The standard InChI is InChI=1S/C21H31N5O.HI/c1-22-21(23-10-15-25-11-2-3-12-25)24-16-18-4-6-19(7-5-18)17-26-13-8-20(27)9-14-26;/h2-7,11-12,20,27H,8-10,13-17H2,1H3,(H2,22,23,24);1H. The van der Waals surface area contributed by atoms with Gasteiger partial charge in [-0.2, -0.15) is 0 Å². The number of aliphatic imine (C=N–C) groups is 1. The third-order valence-electron chi connectivity index (χ3n) is 5.00. The number of nitrogens with one attached hydrogen (secondary N) is 2. The monoisotopic (exact) mass is 497 g/mol. The molecule has 7 heteroatoms. The van der Waals surface area contributed by atoms with Crippen LogP contribution in [0.25, 0.3) is 0 Å². The summed E-state index contributed by atoms with van der Waals surface area (Å²) in [6.45, 7) is 5.42. The van der Waals surface area contributed by atoms with E-state index in [-0.39, 0.29) is 30.1 Å². The van der Waals surface area contributed by atoms with Crippen LogP contribution in [-0.2, 0) is 19.6 Å². The van der Waals surface area contributed by atoms with Gasteiger partial charge in [-0.05, 0) is 36.1 Å². The van der Waals surface area contributed by atoms with Crippen molar-refractivity contribution in [1.82, 2.24) is 20.1 Å². The van der Waals surface area contributed by atoms with Crippen LogP contribution in [-0.4, -0.2) is 53.3 Å². The molecule has 3 N–H and O–H groups in total. The molecule has 1 aromatic heterocycles. The number of piperidine rings is 1. The summed E-state index contributed by atoms with van der Waals surface area (Å²) in [7, 11) is 1.80. The van der Waals surface area contributed by atoms with Crippen molar-refractivity contribution in [2.75, 3.05) is 26.7 Å².